The Kier molecular flexibility index (Phi) is 4.59. The lowest BCUT2D eigenvalue weighted by Gasteiger charge is -2.05. The van der Waals surface area contributed by atoms with Crippen LogP contribution in [-0.4, -0.2) is 17.4 Å². The van der Waals surface area contributed by atoms with Crippen LogP contribution >= 0.6 is 0 Å². The van der Waals surface area contributed by atoms with Gasteiger partial charge in [-0.1, -0.05) is 12.0 Å². The third kappa shape index (κ3) is 3.84. The maximum Gasteiger partial charge on any atom is 0.256 e. The fourth-order valence-electron chi connectivity index (χ4n) is 1.54. The van der Waals surface area contributed by atoms with E-state index in [1.807, 2.05) is 0 Å². The van der Waals surface area contributed by atoms with Gasteiger partial charge in [-0.2, -0.15) is 0 Å². The molecule has 6 heteroatoms. The average Bonchev–Trinajstić information content (AvgIpc) is 2.48. The van der Waals surface area contributed by atoms with Gasteiger partial charge in [-0.05, 0) is 36.3 Å². The zero-order valence-electron chi connectivity index (χ0n) is 10.9. The van der Waals surface area contributed by atoms with Crippen molar-refractivity contribution in [3.63, 3.8) is 0 Å². The van der Waals surface area contributed by atoms with Gasteiger partial charge in [0, 0.05) is 5.56 Å². The van der Waals surface area contributed by atoms with E-state index in [1.165, 1.54) is 6.07 Å². The minimum Gasteiger partial charge on any atom is -0.320 e. The number of benzene rings is 1. The number of pyridine rings is 1. The summed E-state index contributed by atoms with van der Waals surface area (Å²) in [5, 5.41) is 2.48. The highest BCUT2D eigenvalue weighted by Gasteiger charge is 2.10. The molecule has 1 heterocycles. The van der Waals surface area contributed by atoms with E-state index in [0.717, 1.165) is 12.1 Å². The lowest BCUT2D eigenvalue weighted by atomic mass is 10.2. The molecular formula is C15H11F2N3O. The lowest BCUT2D eigenvalue weighted by Crippen LogP contribution is -2.13. The number of rotatable bonds is 2. The molecule has 0 aliphatic rings. The highest BCUT2D eigenvalue weighted by atomic mass is 19.2. The van der Waals surface area contributed by atoms with Crippen molar-refractivity contribution >= 4 is 11.7 Å². The van der Waals surface area contributed by atoms with Crippen LogP contribution in [0.3, 0.4) is 0 Å². The fraction of sp³-hybridized carbons (Fsp3) is 0.0667. The summed E-state index contributed by atoms with van der Waals surface area (Å²) in [6.07, 6.45) is 0. The SMILES string of the molecule is NCC#Cc1cccc(NC(=O)c2ccc(F)c(F)c2)n1. The van der Waals surface area contributed by atoms with Crippen LogP contribution in [0, 0.1) is 23.5 Å². The minimum absolute atomic E-state index is 0.00542. The Bertz CT molecular complexity index is 735. The molecule has 0 unspecified atom stereocenters. The first-order valence-electron chi connectivity index (χ1n) is 6.02. The molecule has 4 nitrogen and oxygen atoms in total. The molecule has 1 amide bonds. The number of hydrogen-bond donors (Lipinski definition) is 2. The number of nitrogens with two attached hydrogens (primary N) is 1. The van der Waals surface area contributed by atoms with Crippen LogP contribution in [0.2, 0.25) is 0 Å². The van der Waals surface area contributed by atoms with Crippen molar-refractivity contribution in [3.8, 4) is 11.8 Å². The third-order valence-corrected chi connectivity index (χ3v) is 2.49. The van der Waals surface area contributed by atoms with Crippen molar-refractivity contribution in [2.45, 2.75) is 0 Å². The molecule has 106 valence electrons. The molecule has 1 aromatic carbocycles. The predicted molar refractivity (Wildman–Crippen MR) is 74.5 cm³/mol. The Hall–Kier alpha value is -2.78. The van der Waals surface area contributed by atoms with Crippen LogP contribution in [0.1, 0.15) is 16.1 Å². The first-order valence-corrected chi connectivity index (χ1v) is 6.02. The third-order valence-electron chi connectivity index (χ3n) is 2.49. The van der Waals surface area contributed by atoms with Crippen LogP contribution in [0.4, 0.5) is 14.6 Å². The van der Waals surface area contributed by atoms with Crippen LogP contribution in [0.25, 0.3) is 0 Å². The number of halogens is 2. The smallest absolute Gasteiger partial charge is 0.256 e. The molecular weight excluding hydrogens is 276 g/mol. The van der Waals surface area contributed by atoms with Crippen LogP contribution in [0.5, 0.6) is 0 Å². The second-order valence-electron chi connectivity index (χ2n) is 4.00. The van der Waals surface area contributed by atoms with E-state index >= 15 is 0 Å². The van der Waals surface area contributed by atoms with Crippen LogP contribution < -0.4 is 11.1 Å². The van der Waals surface area contributed by atoms with E-state index in [4.69, 9.17) is 5.73 Å². The molecule has 0 bridgehead atoms. The highest BCUT2D eigenvalue weighted by molar-refractivity contribution is 6.03. The average molecular weight is 287 g/mol. The summed E-state index contributed by atoms with van der Waals surface area (Å²) in [7, 11) is 0. The second-order valence-corrected chi connectivity index (χ2v) is 4.00. The maximum absolute atomic E-state index is 13.1. The van der Waals surface area contributed by atoms with Gasteiger partial charge in [-0.25, -0.2) is 13.8 Å². The highest BCUT2D eigenvalue weighted by Crippen LogP contribution is 2.11. The van der Waals surface area contributed by atoms with E-state index in [1.54, 1.807) is 18.2 Å². The summed E-state index contributed by atoms with van der Waals surface area (Å²) in [5.74, 6) is 2.94. The summed E-state index contributed by atoms with van der Waals surface area (Å²) >= 11 is 0. The standard InChI is InChI=1S/C15H11F2N3O/c16-12-7-6-10(9-13(12)17)15(21)20-14-5-1-3-11(19-14)4-2-8-18/h1,3,5-7,9H,8,18H2,(H,19,20,21). The zero-order valence-corrected chi connectivity index (χ0v) is 10.9. The van der Waals surface area contributed by atoms with Gasteiger partial charge in [0.25, 0.3) is 5.91 Å². The number of hydrogen-bond acceptors (Lipinski definition) is 3. The van der Waals surface area contributed by atoms with Crippen molar-refractivity contribution in [3.05, 3.63) is 59.3 Å². The molecule has 0 aliphatic heterocycles. The Morgan fingerprint density at radius 1 is 1.24 bits per heavy atom. The predicted octanol–water partition coefficient (Wildman–Crippen LogP) is 1.92. The fourth-order valence-corrected chi connectivity index (χ4v) is 1.54. The van der Waals surface area contributed by atoms with Gasteiger partial charge in [-0.15, -0.1) is 0 Å². The molecule has 21 heavy (non-hydrogen) atoms. The minimum atomic E-state index is -1.09. The largest absolute Gasteiger partial charge is 0.320 e. The zero-order chi connectivity index (χ0) is 15.2. The van der Waals surface area contributed by atoms with Crippen molar-refractivity contribution < 1.29 is 13.6 Å². The molecule has 1 aromatic heterocycles. The molecule has 0 fully saturated rings. The van der Waals surface area contributed by atoms with Crippen molar-refractivity contribution in [1.29, 1.82) is 0 Å². The number of anilines is 1. The molecule has 2 rings (SSSR count). The first-order chi connectivity index (χ1) is 10.1. The van der Waals surface area contributed by atoms with E-state index in [2.05, 4.69) is 22.1 Å². The number of carbonyl (C=O) groups is 1. The summed E-state index contributed by atoms with van der Waals surface area (Å²) in [6.45, 7) is 0.202. The molecule has 0 atom stereocenters. The number of amides is 1. The van der Waals surface area contributed by atoms with Crippen molar-refractivity contribution in [1.82, 2.24) is 4.98 Å². The second kappa shape index (κ2) is 6.59. The van der Waals surface area contributed by atoms with E-state index in [-0.39, 0.29) is 17.9 Å². The van der Waals surface area contributed by atoms with Gasteiger partial charge in [-0.3, -0.25) is 4.79 Å². The van der Waals surface area contributed by atoms with Crippen LogP contribution in [0.15, 0.2) is 36.4 Å². The van der Waals surface area contributed by atoms with Gasteiger partial charge in [0.2, 0.25) is 0 Å². The number of aromatic nitrogens is 1. The van der Waals surface area contributed by atoms with Crippen LogP contribution in [-0.2, 0) is 0 Å². The Labute approximate surface area is 120 Å². The quantitative estimate of drug-likeness (QED) is 0.829. The van der Waals surface area contributed by atoms with Crippen molar-refractivity contribution in [2.75, 3.05) is 11.9 Å². The Morgan fingerprint density at radius 3 is 2.76 bits per heavy atom. The van der Waals surface area contributed by atoms with Gasteiger partial charge in [0.05, 0.1) is 6.54 Å². The Balaban J connectivity index is 2.17. The molecule has 3 N–H and O–H groups in total. The number of carbonyl (C=O) groups excluding carboxylic acids is 1. The molecule has 0 saturated heterocycles. The monoisotopic (exact) mass is 287 g/mol. The maximum atomic E-state index is 13.1. The molecule has 0 aliphatic carbocycles. The number of nitrogens with zero attached hydrogens (tertiary/aromatic N) is 1. The molecule has 0 spiro atoms. The topological polar surface area (TPSA) is 68.0 Å². The lowest BCUT2D eigenvalue weighted by molar-refractivity contribution is 0.102. The summed E-state index contributed by atoms with van der Waals surface area (Å²) in [4.78, 5) is 16.0. The Morgan fingerprint density at radius 2 is 2.05 bits per heavy atom. The van der Waals surface area contributed by atoms with E-state index < -0.39 is 17.5 Å². The van der Waals surface area contributed by atoms with Crippen molar-refractivity contribution in [2.24, 2.45) is 5.73 Å². The summed E-state index contributed by atoms with van der Waals surface area (Å²) in [5.41, 5.74) is 5.70. The van der Waals surface area contributed by atoms with E-state index in [0.29, 0.717) is 5.69 Å². The van der Waals surface area contributed by atoms with Gasteiger partial charge in [0.15, 0.2) is 11.6 Å². The summed E-state index contributed by atoms with van der Waals surface area (Å²) in [6, 6.07) is 7.78. The first kappa shape index (κ1) is 14.6. The normalized spacial score (nSPS) is 9.67. The van der Waals surface area contributed by atoms with E-state index in [9.17, 15) is 13.6 Å². The molecule has 2 aromatic rings. The number of nitrogens with one attached hydrogen (secondary N) is 1. The van der Waals surface area contributed by atoms with Gasteiger partial charge < -0.3 is 11.1 Å². The van der Waals surface area contributed by atoms with Gasteiger partial charge in [0.1, 0.15) is 11.5 Å². The molecule has 0 radical (unpaired) electrons. The summed E-state index contributed by atoms with van der Waals surface area (Å²) < 4.78 is 25.9. The molecule has 0 saturated carbocycles. The van der Waals surface area contributed by atoms with Gasteiger partial charge >= 0.3 is 0 Å².